The number of pyridine rings is 1. The molecule has 1 unspecified atom stereocenters. The van der Waals surface area contributed by atoms with E-state index in [1.807, 2.05) is 37.3 Å². The zero-order valence-electron chi connectivity index (χ0n) is 19.8. The van der Waals surface area contributed by atoms with Crippen LogP contribution < -0.4 is 5.32 Å². The van der Waals surface area contributed by atoms with Crippen molar-refractivity contribution in [2.24, 2.45) is 0 Å². The van der Waals surface area contributed by atoms with Gasteiger partial charge in [-0.2, -0.15) is 0 Å². The first-order valence-electron chi connectivity index (χ1n) is 11.5. The number of carbonyl (C=O) groups excluding carboxylic acids is 2. The summed E-state index contributed by atoms with van der Waals surface area (Å²) in [5.74, 6) is -0.694. The third kappa shape index (κ3) is 5.81. The Balaban J connectivity index is 1.44. The smallest absolute Gasteiger partial charge is 0.254 e. The first-order chi connectivity index (χ1) is 17.0. The molecule has 4 rings (SSSR count). The van der Waals surface area contributed by atoms with Gasteiger partial charge in [0, 0.05) is 44.7 Å². The molecule has 0 bridgehead atoms. The largest absolute Gasteiger partial charge is 0.367 e. The summed E-state index contributed by atoms with van der Waals surface area (Å²) in [5, 5.41) is 2.99. The lowest BCUT2D eigenvalue weighted by Crippen LogP contribution is -2.36. The number of aryl methyl sites for hydroxylation is 1. The fourth-order valence-corrected chi connectivity index (χ4v) is 4.32. The van der Waals surface area contributed by atoms with Crippen molar-refractivity contribution in [3.05, 3.63) is 106 Å². The number of carbonyl (C=O) groups is 2. The summed E-state index contributed by atoms with van der Waals surface area (Å²) in [5.41, 5.74) is 5.33. The van der Waals surface area contributed by atoms with Crippen molar-refractivity contribution in [2.75, 3.05) is 13.7 Å². The second kappa shape index (κ2) is 11.1. The Hall–Kier alpha value is -3.84. The Bertz CT molecular complexity index is 1240. The van der Waals surface area contributed by atoms with Gasteiger partial charge in [-0.25, -0.2) is 4.39 Å². The molecule has 1 aliphatic heterocycles. The molecule has 0 spiro atoms. The second-order valence-corrected chi connectivity index (χ2v) is 8.47. The van der Waals surface area contributed by atoms with E-state index >= 15 is 0 Å². The molecule has 1 atom stereocenters. The van der Waals surface area contributed by atoms with Crippen LogP contribution >= 0.6 is 0 Å². The first kappa shape index (κ1) is 24.3. The van der Waals surface area contributed by atoms with Gasteiger partial charge in [0.15, 0.2) is 6.10 Å². The van der Waals surface area contributed by atoms with Crippen LogP contribution in [-0.4, -0.2) is 35.4 Å². The van der Waals surface area contributed by atoms with Gasteiger partial charge in [0.1, 0.15) is 5.82 Å². The molecule has 1 N–H and O–H groups in total. The van der Waals surface area contributed by atoms with E-state index in [0.717, 1.165) is 27.9 Å². The number of methoxy groups -OCH3 is 1. The van der Waals surface area contributed by atoms with Crippen molar-refractivity contribution < 1.29 is 18.7 Å². The molecule has 0 saturated carbocycles. The minimum Gasteiger partial charge on any atom is -0.367 e. The third-order valence-electron chi connectivity index (χ3n) is 6.19. The molecule has 7 heteroatoms. The van der Waals surface area contributed by atoms with Crippen LogP contribution in [0.4, 0.5) is 4.39 Å². The molecule has 0 radical (unpaired) electrons. The summed E-state index contributed by atoms with van der Waals surface area (Å²) in [7, 11) is 1.52. The molecule has 2 heterocycles. The van der Waals surface area contributed by atoms with Crippen molar-refractivity contribution in [1.82, 2.24) is 15.2 Å². The monoisotopic (exact) mass is 473 g/mol. The highest BCUT2D eigenvalue weighted by Crippen LogP contribution is 2.25. The number of nitrogens with one attached hydrogen (secondary N) is 1. The van der Waals surface area contributed by atoms with Gasteiger partial charge in [-0.15, -0.1) is 0 Å². The summed E-state index contributed by atoms with van der Waals surface area (Å²) in [6.07, 6.45) is 4.86. The van der Waals surface area contributed by atoms with Crippen molar-refractivity contribution in [2.45, 2.75) is 32.5 Å². The van der Waals surface area contributed by atoms with Crippen LogP contribution in [0.25, 0.3) is 6.08 Å². The maximum absolute atomic E-state index is 13.4. The quantitative estimate of drug-likeness (QED) is 0.524. The maximum atomic E-state index is 13.4. The molecular formula is C28H28FN3O3. The molecule has 0 fully saturated rings. The van der Waals surface area contributed by atoms with Crippen molar-refractivity contribution in [1.29, 1.82) is 0 Å². The van der Waals surface area contributed by atoms with Gasteiger partial charge < -0.3 is 15.0 Å². The van der Waals surface area contributed by atoms with E-state index in [4.69, 9.17) is 4.74 Å². The SMILES string of the molecule is COC(C(=O)NCc1c(C)ncc2c1CCN(C(=O)C=Cc1cccc(F)c1)C2)c1ccccc1. The van der Waals surface area contributed by atoms with Gasteiger partial charge in [-0.05, 0) is 59.4 Å². The van der Waals surface area contributed by atoms with Crippen LogP contribution in [0.1, 0.15) is 39.6 Å². The molecule has 6 nitrogen and oxygen atoms in total. The van der Waals surface area contributed by atoms with Crippen molar-refractivity contribution >= 4 is 17.9 Å². The van der Waals surface area contributed by atoms with E-state index in [9.17, 15) is 14.0 Å². The topological polar surface area (TPSA) is 71.5 Å². The third-order valence-corrected chi connectivity index (χ3v) is 6.19. The Morgan fingerprint density at radius 2 is 2.00 bits per heavy atom. The minimum atomic E-state index is -0.693. The molecule has 3 aromatic rings. The first-order valence-corrected chi connectivity index (χ1v) is 11.5. The molecule has 1 aliphatic rings. The van der Waals surface area contributed by atoms with E-state index in [0.29, 0.717) is 31.6 Å². The standard InChI is InChI=1S/C28H28FN3O3/c1-19-25(17-31-28(34)27(35-2)21-8-4-3-5-9-21)24-13-14-32(18-22(24)16-30-19)26(33)12-11-20-7-6-10-23(29)15-20/h3-12,15-16,27H,13-14,17-18H2,1-2H3,(H,31,34). The van der Waals surface area contributed by atoms with Gasteiger partial charge in [0.05, 0.1) is 0 Å². The molecule has 1 aromatic heterocycles. The van der Waals surface area contributed by atoms with Crippen LogP contribution in [0.3, 0.4) is 0 Å². The highest BCUT2D eigenvalue weighted by molar-refractivity contribution is 5.92. The average Bonchev–Trinajstić information content (AvgIpc) is 2.87. The number of halogens is 1. The maximum Gasteiger partial charge on any atom is 0.254 e. The number of amides is 2. The van der Waals surface area contributed by atoms with Gasteiger partial charge >= 0.3 is 0 Å². The molecule has 2 aromatic carbocycles. The van der Waals surface area contributed by atoms with E-state index in [1.165, 1.54) is 25.3 Å². The number of nitrogens with zero attached hydrogens (tertiary/aromatic N) is 2. The van der Waals surface area contributed by atoms with Crippen LogP contribution in [0.15, 0.2) is 66.9 Å². The lowest BCUT2D eigenvalue weighted by Gasteiger charge is -2.30. The Labute approximate surface area is 204 Å². The predicted octanol–water partition coefficient (Wildman–Crippen LogP) is 4.13. The van der Waals surface area contributed by atoms with E-state index in [1.54, 1.807) is 29.3 Å². The normalized spacial score (nSPS) is 14.0. The zero-order valence-corrected chi connectivity index (χ0v) is 19.8. The summed E-state index contributed by atoms with van der Waals surface area (Å²) in [6, 6.07) is 15.5. The van der Waals surface area contributed by atoms with Crippen molar-refractivity contribution in [3.63, 3.8) is 0 Å². The summed E-state index contributed by atoms with van der Waals surface area (Å²) in [4.78, 5) is 31.8. The van der Waals surface area contributed by atoms with Gasteiger partial charge in [-0.3, -0.25) is 14.6 Å². The van der Waals surface area contributed by atoms with Gasteiger partial charge in [0.2, 0.25) is 5.91 Å². The summed E-state index contributed by atoms with van der Waals surface area (Å²) < 4.78 is 18.8. The van der Waals surface area contributed by atoms with Crippen LogP contribution in [-0.2, 0) is 33.8 Å². The molecule has 35 heavy (non-hydrogen) atoms. The van der Waals surface area contributed by atoms with Crippen LogP contribution in [0, 0.1) is 12.7 Å². The molecule has 180 valence electrons. The number of aromatic nitrogens is 1. The number of fused-ring (bicyclic) bond motifs is 1. The Morgan fingerprint density at radius 3 is 2.74 bits per heavy atom. The lowest BCUT2D eigenvalue weighted by molar-refractivity contribution is -0.131. The molecule has 0 saturated heterocycles. The van der Waals surface area contributed by atoms with E-state index in [2.05, 4.69) is 10.3 Å². The van der Waals surface area contributed by atoms with Crippen LogP contribution in [0.5, 0.6) is 0 Å². The fraction of sp³-hybridized carbons (Fsp3) is 0.250. The number of ether oxygens (including phenoxy) is 1. The summed E-state index contributed by atoms with van der Waals surface area (Å²) in [6.45, 7) is 3.24. The van der Waals surface area contributed by atoms with E-state index in [-0.39, 0.29) is 17.6 Å². The molecule has 0 aliphatic carbocycles. The van der Waals surface area contributed by atoms with Crippen LogP contribution in [0.2, 0.25) is 0 Å². The number of hydrogen-bond acceptors (Lipinski definition) is 4. The van der Waals surface area contributed by atoms with Crippen molar-refractivity contribution in [3.8, 4) is 0 Å². The summed E-state index contributed by atoms with van der Waals surface area (Å²) >= 11 is 0. The number of benzene rings is 2. The zero-order chi connectivity index (χ0) is 24.8. The lowest BCUT2D eigenvalue weighted by atomic mass is 9.94. The highest BCUT2D eigenvalue weighted by atomic mass is 19.1. The fourth-order valence-electron chi connectivity index (χ4n) is 4.32. The predicted molar refractivity (Wildman–Crippen MR) is 132 cm³/mol. The Kier molecular flexibility index (Phi) is 7.67. The van der Waals surface area contributed by atoms with Gasteiger partial charge in [0.25, 0.3) is 5.91 Å². The Morgan fingerprint density at radius 1 is 1.20 bits per heavy atom. The van der Waals surface area contributed by atoms with Gasteiger partial charge in [-0.1, -0.05) is 42.5 Å². The highest BCUT2D eigenvalue weighted by Gasteiger charge is 2.24. The van der Waals surface area contributed by atoms with E-state index < -0.39 is 6.10 Å². The molecule has 2 amide bonds. The second-order valence-electron chi connectivity index (χ2n) is 8.47. The number of hydrogen-bond donors (Lipinski definition) is 1. The molecular weight excluding hydrogens is 445 g/mol. The number of rotatable bonds is 7. The average molecular weight is 474 g/mol. The minimum absolute atomic E-state index is 0.138.